The Morgan fingerprint density at radius 2 is 2.58 bits per heavy atom. The molecule has 0 bridgehead atoms. The van der Waals surface area contributed by atoms with Crippen molar-refractivity contribution in [3.05, 3.63) is 16.1 Å². The highest BCUT2D eigenvalue weighted by molar-refractivity contribution is 7.09. The van der Waals surface area contributed by atoms with E-state index in [1.165, 1.54) is 11.3 Å². The van der Waals surface area contributed by atoms with Gasteiger partial charge in [0.05, 0.1) is 5.01 Å². The quantitative estimate of drug-likeness (QED) is 0.716. The summed E-state index contributed by atoms with van der Waals surface area (Å²) in [5.41, 5.74) is 6.23. The van der Waals surface area contributed by atoms with Gasteiger partial charge in [-0.3, -0.25) is 4.79 Å². The summed E-state index contributed by atoms with van der Waals surface area (Å²) >= 11 is 1.44. The molecule has 1 atom stereocenters. The standard InChI is InChI=1S/C7H10N2O2S/c1-4-3-12-6(9-4)2-5(8)7(10)11/h3,5H,2,8H2,1H3,(H,10,11)/t5-/m0/s1. The second-order valence-electron chi connectivity index (χ2n) is 2.53. The summed E-state index contributed by atoms with van der Waals surface area (Å²) in [7, 11) is 0. The molecule has 0 aliphatic rings. The van der Waals surface area contributed by atoms with Gasteiger partial charge in [-0.2, -0.15) is 0 Å². The molecule has 0 fully saturated rings. The molecular formula is C7H10N2O2S. The van der Waals surface area contributed by atoms with Crippen LogP contribution in [0, 0.1) is 6.92 Å². The molecule has 3 N–H and O–H groups in total. The van der Waals surface area contributed by atoms with Crippen LogP contribution in [0.2, 0.25) is 0 Å². The zero-order chi connectivity index (χ0) is 9.14. The van der Waals surface area contributed by atoms with E-state index in [2.05, 4.69) is 4.98 Å². The topological polar surface area (TPSA) is 76.2 Å². The first-order valence-electron chi connectivity index (χ1n) is 3.49. The van der Waals surface area contributed by atoms with Crippen LogP contribution < -0.4 is 5.73 Å². The molecule has 0 unspecified atom stereocenters. The molecule has 1 rings (SSSR count). The first-order valence-corrected chi connectivity index (χ1v) is 4.37. The number of hydrogen-bond donors (Lipinski definition) is 2. The molecular weight excluding hydrogens is 176 g/mol. The lowest BCUT2D eigenvalue weighted by molar-refractivity contribution is -0.138. The molecule has 4 nitrogen and oxygen atoms in total. The number of hydrogen-bond acceptors (Lipinski definition) is 4. The molecule has 1 heterocycles. The number of thiazole rings is 1. The van der Waals surface area contributed by atoms with Crippen molar-refractivity contribution in [3.63, 3.8) is 0 Å². The molecule has 0 aliphatic heterocycles. The van der Waals surface area contributed by atoms with E-state index in [1.54, 1.807) is 0 Å². The van der Waals surface area contributed by atoms with Gasteiger partial charge in [0, 0.05) is 17.5 Å². The van der Waals surface area contributed by atoms with Crippen LogP contribution in [0.4, 0.5) is 0 Å². The Morgan fingerprint density at radius 3 is 3.00 bits per heavy atom. The van der Waals surface area contributed by atoms with Crippen LogP contribution in [-0.2, 0) is 11.2 Å². The molecule has 12 heavy (non-hydrogen) atoms. The minimum Gasteiger partial charge on any atom is -0.480 e. The van der Waals surface area contributed by atoms with E-state index >= 15 is 0 Å². The summed E-state index contributed by atoms with van der Waals surface area (Å²) in [6.07, 6.45) is 0.313. The van der Waals surface area contributed by atoms with E-state index in [0.29, 0.717) is 6.42 Å². The fourth-order valence-corrected chi connectivity index (χ4v) is 1.60. The van der Waals surface area contributed by atoms with Crippen molar-refractivity contribution in [2.75, 3.05) is 0 Å². The zero-order valence-electron chi connectivity index (χ0n) is 6.65. The number of aliphatic carboxylic acids is 1. The van der Waals surface area contributed by atoms with E-state index in [9.17, 15) is 4.79 Å². The fourth-order valence-electron chi connectivity index (χ4n) is 0.772. The lowest BCUT2D eigenvalue weighted by atomic mass is 10.2. The van der Waals surface area contributed by atoms with Crippen LogP contribution >= 0.6 is 11.3 Å². The Morgan fingerprint density at radius 1 is 1.92 bits per heavy atom. The monoisotopic (exact) mass is 186 g/mol. The van der Waals surface area contributed by atoms with Crippen LogP contribution in [0.3, 0.4) is 0 Å². The summed E-state index contributed by atoms with van der Waals surface area (Å²) in [5.74, 6) is -0.983. The fraction of sp³-hybridized carbons (Fsp3) is 0.429. The highest BCUT2D eigenvalue weighted by Gasteiger charge is 2.13. The number of nitrogens with two attached hydrogens (primary N) is 1. The van der Waals surface area contributed by atoms with Crippen LogP contribution in [0.25, 0.3) is 0 Å². The Labute approximate surface area is 74.0 Å². The Balaban J connectivity index is 2.58. The van der Waals surface area contributed by atoms with Crippen molar-refractivity contribution < 1.29 is 9.90 Å². The molecule has 0 saturated heterocycles. The summed E-state index contributed by atoms with van der Waals surface area (Å²) in [6, 6.07) is -0.837. The van der Waals surface area contributed by atoms with E-state index in [-0.39, 0.29) is 0 Å². The second kappa shape index (κ2) is 3.64. The maximum atomic E-state index is 10.4. The van der Waals surface area contributed by atoms with Gasteiger partial charge in [0.25, 0.3) is 0 Å². The van der Waals surface area contributed by atoms with Gasteiger partial charge in [0.1, 0.15) is 6.04 Å². The number of carbonyl (C=O) groups is 1. The molecule has 5 heteroatoms. The van der Waals surface area contributed by atoms with Crippen molar-refractivity contribution in [1.82, 2.24) is 4.98 Å². The van der Waals surface area contributed by atoms with Gasteiger partial charge in [-0.05, 0) is 6.92 Å². The van der Waals surface area contributed by atoms with Crippen LogP contribution in [0.1, 0.15) is 10.7 Å². The average molecular weight is 186 g/mol. The molecule has 0 amide bonds. The largest absolute Gasteiger partial charge is 0.480 e. The van der Waals surface area contributed by atoms with Crippen molar-refractivity contribution >= 4 is 17.3 Å². The van der Waals surface area contributed by atoms with E-state index in [0.717, 1.165) is 10.7 Å². The minimum atomic E-state index is -0.983. The second-order valence-corrected chi connectivity index (χ2v) is 3.47. The predicted octanol–water partition coefficient (Wildman–Crippen LogP) is 0.406. The van der Waals surface area contributed by atoms with Crippen LogP contribution in [0.5, 0.6) is 0 Å². The van der Waals surface area contributed by atoms with Gasteiger partial charge in [0.2, 0.25) is 0 Å². The number of carboxylic acid groups (broad SMARTS) is 1. The molecule has 0 spiro atoms. The maximum absolute atomic E-state index is 10.4. The molecule has 0 radical (unpaired) electrons. The van der Waals surface area contributed by atoms with Crippen LogP contribution in [0.15, 0.2) is 5.38 Å². The van der Waals surface area contributed by atoms with Crippen molar-refractivity contribution in [2.24, 2.45) is 5.73 Å². The highest BCUT2D eigenvalue weighted by atomic mass is 32.1. The lowest BCUT2D eigenvalue weighted by Gasteiger charge is -2.01. The first-order chi connectivity index (χ1) is 5.59. The van der Waals surface area contributed by atoms with Crippen molar-refractivity contribution in [1.29, 1.82) is 0 Å². The lowest BCUT2D eigenvalue weighted by Crippen LogP contribution is -2.32. The van der Waals surface area contributed by atoms with Gasteiger partial charge in [0.15, 0.2) is 0 Å². The average Bonchev–Trinajstić information content (AvgIpc) is 2.35. The van der Waals surface area contributed by atoms with Crippen LogP contribution in [-0.4, -0.2) is 22.1 Å². The molecule has 0 saturated carbocycles. The van der Waals surface area contributed by atoms with Gasteiger partial charge in [-0.25, -0.2) is 4.98 Å². The third-order valence-electron chi connectivity index (χ3n) is 1.38. The van der Waals surface area contributed by atoms with Crippen molar-refractivity contribution in [2.45, 2.75) is 19.4 Å². The normalized spacial score (nSPS) is 12.8. The number of carboxylic acids is 1. The summed E-state index contributed by atoms with van der Waals surface area (Å²) in [4.78, 5) is 14.5. The number of aromatic nitrogens is 1. The maximum Gasteiger partial charge on any atom is 0.320 e. The number of aryl methyl sites for hydroxylation is 1. The summed E-state index contributed by atoms with van der Waals surface area (Å²) in [6.45, 7) is 1.87. The smallest absolute Gasteiger partial charge is 0.320 e. The summed E-state index contributed by atoms with van der Waals surface area (Å²) in [5, 5.41) is 11.2. The zero-order valence-corrected chi connectivity index (χ0v) is 7.47. The van der Waals surface area contributed by atoms with E-state index in [1.807, 2.05) is 12.3 Å². The number of nitrogens with zero attached hydrogens (tertiary/aromatic N) is 1. The molecule has 1 aromatic heterocycles. The van der Waals surface area contributed by atoms with Crippen molar-refractivity contribution in [3.8, 4) is 0 Å². The first kappa shape index (κ1) is 9.15. The highest BCUT2D eigenvalue weighted by Crippen LogP contribution is 2.10. The van der Waals surface area contributed by atoms with E-state index < -0.39 is 12.0 Å². The molecule has 0 aliphatic carbocycles. The van der Waals surface area contributed by atoms with Gasteiger partial charge >= 0.3 is 5.97 Å². The Bertz CT molecular complexity index is 285. The Kier molecular flexibility index (Phi) is 2.78. The minimum absolute atomic E-state index is 0.313. The summed E-state index contributed by atoms with van der Waals surface area (Å²) < 4.78 is 0. The van der Waals surface area contributed by atoms with Gasteiger partial charge < -0.3 is 10.8 Å². The Hall–Kier alpha value is -0.940. The number of rotatable bonds is 3. The van der Waals surface area contributed by atoms with Gasteiger partial charge in [-0.1, -0.05) is 0 Å². The van der Waals surface area contributed by atoms with Gasteiger partial charge in [-0.15, -0.1) is 11.3 Å². The molecule has 1 aromatic rings. The SMILES string of the molecule is Cc1csc(C[C@H](N)C(=O)O)n1. The third-order valence-corrected chi connectivity index (χ3v) is 2.37. The van der Waals surface area contributed by atoms with E-state index in [4.69, 9.17) is 10.8 Å². The molecule has 66 valence electrons. The molecule has 0 aromatic carbocycles. The third kappa shape index (κ3) is 2.28. The predicted molar refractivity (Wildman–Crippen MR) is 46.2 cm³/mol.